The van der Waals surface area contributed by atoms with E-state index in [1.807, 2.05) is 36.9 Å². The summed E-state index contributed by atoms with van der Waals surface area (Å²) in [6.45, 7) is 5.22. The number of pyridine rings is 1. The Hall–Kier alpha value is -3.03. The molecule has 8 heteroatoms. The van der Waals surface area contributed by atoms with Gasteiger partial charge in [0.1, 0.15) is 11.9 Å². The van der Waals surface area contributed by atoms with E-state index in [0.29, 0.717) is 24.7 Å². The van der Waals surface area contributed by atoms with Crippen LogP contribution in [0.3, 0.4) is 0 Å². The van der Waals surface area contributed by atoms with Gasteiger partial charge < -0.3 is 9.64 Å². The molecule has 27 heavy (non-hydrogen) atoms. The molecule has 3 aromatic heterocycles. The number of rotatable bonds is 4. The number of likely N-dealkylation sites (tertiary alicyclic amines) is 1. The van der Waals surface area contributed by atoms with E-state index in [2.05, 4.69) is 20.1 Å². The number of aryl methyl sites for hydroxylation is 2. The van der Waals surface area contributed by atoms with Crippen molar-refractivity contribution in [2.45, 2.75) is 39.2 Å². The number of amides is 1. The Labute approximate surface area is 157 Å². The molecule has 0 radical (unpaired) electrons. The summed E-state index contributed by atoms with van der Waals surface area (Å²) in [6, 6.07) is 5.70. The molecule has 0 aromatic carbocycles. The van der Waals surface area contributed by atoms with Crippen LogP contribution in [-0.4, -0.2) is 54.6 Å². The Kier molecular flexibility index (Phi) is 4.70. The zero-order valence-corrected chi connectivity index (χ0v) is 15.5. The zero-order valence-electron chi connectivity index (χ0n) is 15.5. The van der Waals surface area contributed by atoms with Gasteiger partial charge in [-0.05, 0) is 32.0 Å². The van der Waals surface area contributed by atoms with Crippen LogP contribution in [0.5, 0.6) is 5.75 Å². The monoisotopic (exact) mass is 366 g/mol. The molecule has 0 bridgehead atoms. The first-order valence-corrected chi connectivity index (χ1v) is 9.13. The molecule has 1 aliphatic heterocycles. The van der Waals surface area contributed by atoms with Crippen molar-refractivity contribution >= 4 is 11.7 Å². The van der Waals surface area contributed by atoms with Crippen molar-refractivity contribution in [1.29, 1.82) is 0 Å². The summed E-state index contributed by atoms with van der Waals surface area (Å²) in [5.41, 5.74) is 1.85. The van der Waals surface area contributed by atoms with Crippen molar-refractivity contribution in [3.8, 4) is 5.75 Å². The van der Waals surface area contributed by atoms with Crippen molar-refractivity contribution in [3.63, 3.8) is 0 Å². The summed E-state index contributed by atoms with van der Waals surface area (Å²) in [5.74, 6) is 1.86. The lowest BCUT2D eigenvalue weighted by molar-refractivity contribution is -0.132. The average molecular weight is 366 g/mol. The Morgan fingerprint density at radius 2 is 2.07 bits per heavy atom. The maximum Gasteiger partial charge on any atom is 0.252 e. The van der Waals surface area contributed by atoms with Gasteiger partial charge in [0.15, 0.2) is 5.82 Å². The quantitative estimate of drug-likeness (QED) is 0.699. The topological polar surface area (TPSA) is 85.5 Å². The van der Waals surface area contributed by atoms with E-state index in [4.69, 9.17) is 4.74 Å². The van der Waals surface area contributed by atoms with Crippen molar-refractivity contribution in [2.24, 2.45) is 0 Å². The van der Waals surface area contributed by atoms with Gasteiger partial charge in [-0.1, -0.05) is 0 Å². The third-order valence-electron chi connectivity index (χ3n) is 4.70. The summed E-state index contributed by atoms with van der Waals surface area (Å²) in [4.78, 5) is 27.3. The molecule has 0 aliphatic carbocycles. The maximum atomic E-state index is 12.6. The molecule has 0 unspecified atom stereocenters. The summed E-state index contributed by atoms with van der Waals surface area (Å²) >= 11 is 0. The largest absolute Gasteiger partial charge is 0.489 e. The van der Waals surface area contributed by atoms with Crippen LogP contribution in [0, 0.1) is 13.8 Å². The molecule has 0 saturated carbocycles. The highest BCUT2D eigenvalue weighted by Gasteiger charge is 2.25. The second-order valence-corrected chi connectivity index (χ2v) is 6.84. The highest BCUT2D eigenvalue weighted by molar-refractivity contribution is 5.78. The van der Waals surface area contributed by atoms with Crippen LogP contribution in [0.25, 0.3) is 5.78 Å². The number of aromatic nitrogens is 5. The number of hydrogen-bond acceptors (Lipinski definition) is 6. The molecule has 1 saturated heterocycles. The molecule has 4 rings (SSSR count). The molecular formula is C19H22N6O2. The fourth-order valence-electron chi connectivity index (χ4n) is 3.36. The molecule has 1 amide bonds. The van der Waals surface area contributed by atoms with Crippen LogP contribution in [0.2, 0.25) is 0 Å². The van der Waals surface area contributed by atoms with E-state index < -0.39 is 0 Å². The predicted molar refractivity (Wildman–Crippen MR) is 98.4 cm³/mol. The van der Waals surface area contributed by atoms with E-state index in [0.717, 1.165) is 30.0 Å². The molecule has 1 fully saturated rings. The first kappa shape index (κ1) is 17.4. The van der Waals surface area contributed by atoms with Gasteiger partial charge in [-0.15, -0.1) is 5.10 Å². The van der Waals surface area contributed by atoms with Crippen molar-refractivity contribution < 1.29 is 9.53 Å². The van der Waals surface area contributed by atoms with Gasteiger partial charge in [-0.3, -0.25) is 9.78 Å². The maximum absolute atomic E-state index is 12.6. The minimum Gasteiger partial charge on any atom is -0.489 e. The molecule has 3 aromatic rings. The van der Waals surface area contributed by atoms with E-state index >= 15 is 0 Å². The number of carbonyl (C=O) groups is 1. The Bertz CT molecular complexity index is 947. The molecule has 140 valence electrons. The van der Waals surface area contributed by atoms with E-state index in [-0.39, 0.29) is 18.4 Å². The highest BCUT2D eigenvalue weighted by atomic mass is 16.5. The predicted octanol–water partition coefficient (Wildman–Crippen LogP) is 1.75. The summed E-state index contributed by atoms with van der Waals surface area (Å²) in [7, 11) is 0. The third-order valence-corrected chi connectivity index (χ3v) is 4.70. The van der Waals surface area contributed by atoms with E-state index in [1.165, 1.54) is 0 Å². The van der Waals surface area contributed by atoms with Gasteiger partial charge in [-0.25, -0.2) is 9.50 Å². The number of fused-ring (bicyclic) bond motifs is 1. The van der Waals surface area contributed by atoms with Crippen LogP contribution in [0.4, 0.5) is 0 Å². The van der Waals surface area contributed by atoms with Crippen LogP contribution in [0.15, 0.2) is 30.6 Å². The van der Waals surface area contributed by atoms with Crippen molar-refractivity contribution in [1.82, 2.24) is 29.5 Å². The highest BCUT2D eigenvalue weighted by Crippen LogP contribution is 2.18. The van der Waals surface area contributed by atoms with Gasteiger partial charge in [-0.2, -0.15) is 4.98 Å². The van der Waals surface area contributed by atoms with Gasteiger partial charge in [0.2, 0.25) is 5.91 Å². The van der Waals surface area contributed by atoms with Crippen LogP contribution in [0.1, 0.15) is 30.1 Å². The second kappa shape index (κ2) is 7.30. The van der Waals surface area contributed by atoms with Gasteiger partial charge in [0.25, 0.3) is 5.78 Å². The molecule has 8 nitrogen and oxygen atoms in total. The minimum absolute atomic E-state index is 0.0418. The number of nitrogens with zero attached hydrogens (tertiary/aromatic N) is 6. The van der Waals surface area contributed by atoms with E-state index in [1.54, 1.807) is 16.9 Å². The fraction of sp³-hybridized carbons (Fsp3) is 0.421. The number of ether oxygens (including phenoxy) is 1. The number of piperidine rings is 1. The third kappa shape index (κ3) is 3.89. The second-order valence-electron chi connectivity index (χ2n) is 6.84. The number of hydrogen-bond donors (Lipinski definition) is 0. The molecule has 0 N–H and O–H groups in total. The first-order valence-electron chi connectivity index (χ1n) is 9.13. The van der Waals surface area contributed by atoms with E-state index in [9.17, 15) is 4.79 Å². The first-order chi connectivity index (χ1) is 13.1. The normalized spacial score (nSPS) is 15.3. The zero-order chi connectivity index (χ0) is 18.8. The lowest BCUT2D eigenvalue weighted by atomic mass is 10.1. The Morgan fingerprint density at radius 3 is 2.81 bits per heavy atom. The minimum atomic E-state index is 0.0418. The molecule has 0 spiro atoms. The molecular weight excluding hydrogens is 344 g/mol. The van der Waals surface area contributed by atoms with Crippen LogP contribution in [-0.2, 0) is 11.2 Å². The molecule has 0 atom stereocenters. The van der Waals surface area contributed by atoms with Gasteiger partial charge in [0.05, 0.1) is 12.6 Å². The fourth-order valence-corrected chi connectivity index (χ4v) is 3.36. The van der Waals surface area contributed by atoms with Crippen LogP contribution >= 0.6 is 0 Å². The SMILES string of the molecule is Cc1cc(C)n2nc(CC(=O)N3CCC(Oc4cccnc4)CC3)nc2n1. The van der Waals surface area contributed by atoms with Crippen molar-refractivity contribution in [2.75, 3.05) is 13.1 Å². The summed E-state index contributed by atoms with van der Waals surface area (Å²) in [5, 5.41) is 4.42. The van der Waals surface area contributed by atoms with Crippen molar-refractivity contribution in [3.05, 3.63) is 47.8 Å². The summed E-state index contributed by atoms with van der Waals surface area (Å²) < 4.78 is 7.61. The summed E-state index contributed by atoms with van der Waals surface area (Å²) in [6.07, 6.45) is 5.35. The lowest BCUT2D eigenvalue weighted by Gasteiger charge is -2.32. The smallest absolute Gasteiger partial charge is 0.252 e. The lowest BCUT2D eigenvalue weighted by Crippen LogP contribution is -2.42. The molecule has 4 heterocycles. The van der Waals surface area contributed by atoms with Gasteiger partial charge in [0, 0.05) is 43.5 Å². The standard InChI is InChI=1S/C19H22N6O2/c1-13-10-14(2)25-19(21-13)22-17(23-25)11-18(26)24-8-5-15(6-9-24)27-16-4-3-7-20-12-16/h3-4,7,10,12,15H,5-6,8-9,11H2,1-2H3. The van der Waals surface area contributed by atoms with Gasteiger partial charge >= 0.3 is 0 Å². The Morgan fingerprint density at radius 1 is 1.26 bits per heavy atom. The van der Waals surface area contributed by atoms with Crippen LogP contribution < -0.4 is 4.74 Å². The average Bonchev–Trinajstić information content (AvgIpc) is 3.06. The Balaban J connectivity index is 1.35. The number of carbonyl (C=O) groups excluding carboxylic acids is 1. The molecule has 1 aliphatic rings.